The lowest BCUT2D eigenvalue weighted by Crippen LogP contribution is -2.66. The van der Waals surface area contributed by atoms with Gasteiger partial charge in [-0.05, 0) is 0 Å². The predicted octanol–water partition coefficient (Wildman–Crippen LogP) is -7.48. The molecule has 204 valence electrons. The lowest BCUT2D eigenvalue weighted by atomic mass is 9.96. The summed E-state index contributed by atoms with van der Waals surface area (Å²) in [7, 11) is 0. The summed E-state index contributed by atoms with van der Waals surface area (Å²) in [5.41, 5.74) is 0. The van der Waals surface area contributed by atoms with Gasteiger partial charge in [-0.15, -0.1) is 0 Å². The van der Waals surface area contributed by atoms with Crippen molar-refractivity contribution in [1.82, 2.24) is 0 Å². The van der Waals surface area contributed by atoms with E-state index in [0.29, 0.717) is 0 Å². The quantitative estimate of drug-likeness (QED) is 0.149. The summed E-state index contributed by atoms with van der Waals surface area (Å²) in [4.78, 5) is 11.2. The standard InChI is InChI=1S/C18H30O17/c19-1-3-5(21)6(22)8(24)17(31-3)34-12-4(2-20)32-18(9(25)7(12)23)35-13-10(26)14(15(28)29)33-16(30)11(13)27/h3-14,16-27,30H,1-2H2,(H,28,29)/t3-,4-,5-,6+,7-,8-,9-,10+,11-,12-,13+,14+,16-,17+,18+/m1/s1. The Balaban J connectivity index is 1.73. The molecule has 35 heavy (non-hydrogen) atoms. The van der Waals surface area contributed by atoms with Crippen LogP contribution in [-0.2, 0) is 28.5 Å². The van der Waals surface area contributed by atoms with Crippen LogP contribution in [0.1, 0.15) is 0 Å². The summed E-state index contributed by atoms with van der Waals surface area (Å²) in [5, 5.41) is 109. The van der Waals surface area contributed by atoms with E-state index in [0.717, 1.165) is 0 Å². The summed E-state index contributed by atoms with van der Waals surface area (Å²) in [6, 6.07) is 0. The van der Waals surface area contributed by atoms with E-state index in [1.54, 1.807) is 0 Å². The number of rotatable bonds is 7. The van der Waals surface area contributed by atoms with E-state index in [1.807, 2.05) is 0 Å². The normalized spacial score (nSPS) is 51.2. The fourth-order valence-corrected chi connectivity index (χ4v) is 4.04. The highest BCUT2D eigenvalue weighted by Crippen LogP contribution is 2.32. The van der Waals surface area contributed by atoms with Gasteiger partial charge in [0.15, 0.2) is 25.0 Å². The highest BCUT2D eigenvalue weighted by Gasteiger charge is 2.54. The number of carboxylic acids is 1. The van der Waals surface area contributed by atoms with Crippen LogP contribution in [0.15, 0.2) is 0 Å². The smallest absolute Gasteiger partial charge is 0.335 e. The monoisotopic (exact) mass is 518 g/mol. The summed E-state index contributed by atoms with van der Waals surface area (Å²) >= 11 is 0. The van der Waals surface area contributed by atoms with E-state index in [-0.39, 0.29) is 0 Å². The first-order chi connectivity index (χ1) is 16.4. The minimum Gasteiger partial charge on any atom is -0.479 e. The van der Waals surface area contributed by atoms with Crippen molar-refractivity contribution >= 4 is 5.97 Å². The van der Waals surface area contributed by atoms with Gasteiger partial charge >= 0.3 is 5.97 Å². The van der Waals surface area contributed by atoms with Gasteiger partial charge in [-0.2, -0.15) is 0 Å². The molecule has 0 bridgehead atoms. The highest BCUT2D eigenvalue weighted by atomic mass is 16.7. The average molecular weight is 518 g/mol. The van der Waals surface area contributed by atoms with Crippen LogP contribution in [0.5, 0.6) is 0 Å². The zero-order chi connectivity index (χ0) is 26.2. The number of ether oxygens (including phenoxy) is 5. The van der Waals surface area contributed by atoms with Gasteiger partial charge in [0.1, 0.15) is 67.1 Å². The molecule has 0 aromatic rings. The van der Waals surface area contributed by atoms with Crippen molar-refractivity contribution in [3.8, 4) is 0 Å². The summed E-state index contributed by atoms with van der Waals surface area (Å²) in [6.07, 6.45) is -27.5. The summed E-state index contributed by atoms with van der Waals surface area (Å²) in [6.45, 7) is -1.65. The molecule has 11 N–H and O–H groups in total. The van der Waals surface area contributed by atoms with Gasteiger partial charge in [0.2, 0.25) is 0 Å². The van der Waals surface area contributed by atoms with Crippen LogP contribution in [0.4, 0.5) is 0 Å². The molecule has 0 aromatic carbocycles. The first kappa shape index (κ1) is 28.4. The van der Waals surface area contributed by atoms with E-state index in [9.17, 15) is 55.9 Å². The largest absolute Gasteiger partial charge is 0.479 e. The number of hydrogen-bond donors (Lipinski definition) is 11. The van der Waals surface area contributed by atoms with Crippen LogP contribution in [0.2, 0.25) is 0 Å². The second kappa shape index (κ2) is 11.5. The molecule has 3 aliphatic rings. The second-order valence-electron chi connectivity index (χ2n) is 8.37. The number of aliphatic carboxylic acids is 1. The van der Waals surface area contributed by atoms with Gasteiger partial charge in [0.25, 0.3) is 0 Å². The minimum atomic E-state index is -2.09. The molecule has 15 atom stereocenters. The summed E-state index contributed by atoms with van der Waals surface area (Å²) < 4.78 is 25.8. The fraction of sp³-hybridized carbons (Fsp3) is 0.944. The Labute approximate surface area is 196 Å². The molecular formula is C18H30O17. The van der Waals surface area contributed by atoms with Crippen LogP contribution in [0.25, 0.3) is 0 Å². The summed E-state index contributed by atoms with van der Waals surface area (Å²) in [5.74, 6) is -1.69. The zero-order valence-electron chi connectivity index (χ0n) is 17.9. The van der Waals surface area contributed by atoms with Crippen molar-refractivity contribution in [3.05, 3.63) is 0 Å². The topological polar surface area (TPSA) is 286 Å². The van der Waals surface area contributed by atoms with Crippen molar-refractivity contribution in [1.29, 1.82) is 0 Å². The number of carboxylic acid groups (broad SMARTS) is 1. The van der Waals surface area contributed by atoms with Gasteiger partial charge < -0.3 is 79.9 Å². The Morgan fingerprint density at radius 2 is 1.11 bits per heavy atom. The van der Waals surface area contributed by atoms with E-state index >= 15 is 0 Å². The van der Waals surface area contributed by atoms with Crippen LogP contribution in [-0.4, -0.2) is 167 Å². The zero-order valence-corrected chi connectivity index (χ0v) is 17.9. The van der Waals surface area contributed by atoms with Gasteiger partial charge in [-0.25, -0.2) is 4.79 Å². The van der Waals surface area contributed by atoms with Crippen molar-refractivity contribution in [3.63, 3.8) is 0 Å². The van der Waals surface area contributed by atoms with Gasteiger partial charge in [0, 0.05) is 0 Å². The van der Waals surface area contributed by atoms with Crippen LogP contribution >= 0.6 is 0 Å². The molecule has 0 spiro atoms. The van der Waals surface area contributed by atoms with E-state index in [1.165, 1.54) is 0 Å². The van der Waals surface area contributed by atoms with Crippen LogP contribution in [0, 0.1) is 0 Å². The molecule has 17 heteroatoms. The van der Waals surface area contributed by atoms with E-state index in [2.05, 4.69) is 4.74 Å². The molecule has 0 amide bonds. The lowest BCUT2D eigenvalue weighted by Gasteiger charge is -2.47. The van der Waals surface area contributed by atoms with E-state index in [4.69, 9.17) is 24.1 Å². The Morgan fingerprint density at radius 3 is 1.66 bits per heavy atom. The first-order valence-corrected chi connectivity index (χ1v) is 10.6. The van der Waals surface area contributed by atoms with Crippen molar-refractivity contribution in [2.24, 2.45) is 0 Å². The maximum Gasteiger partial charge on any atom is 0.335 e. The number of carbonyl (C=O) groups is 1. The minimum absolute atomic E-state index is 0.768. The molecule has 0 aliphatic carbocycles. The number of hydrogen-bond acceptors (Lipinski definition) is 16. The van der Waals surface area contributed by atoms with Crippen LogP contribution in [0.3, 0.4) is 0 Å². The molecule has 3 rings (SSSR count). The van der Waals surface area contributed by atoms with Crippen molar-refractivity contribution in [2.75, 3.05) is 13.2 Å². The Morgan fingerprint density at radius 1 is 0.600 bits per heavy atom. The highest BCUT2D eigenvalue weighted by molar-refractivity contribution is 5.73. The molecule has 3 fully saturated rings. The van der Waals surface area contributed by atoms with Gasteiger partial charge in [-0.3, -0.25) is 0 Å². The Bertz CT molecular complexity index is 707. The molecule has 17 nitrogen and oxygen atoms in total. The second-order valence-corrected chi connectivity index (χ2v) is 8.37. The Hall–Kier alpha value is -1.13. The predicted molar refractivity (Wildman–Crippen MR) is 102 cm³/mol. The lowest BCUT2D eigenvalue weighted by molar-refractivity contribution is -0.376. The molecule has 3 aliphatic heterocycles. The Kier molecular flexibility index (Phi) is 9.35. The molecule has 0 unspecified atom stereocenters. The maximum absolute atomic E-state index is 11.2. The number of aliphatic hydroxyl groups excluding tert-OH is 10. The third-order valence-electron chi connectivity index (χ3n) is 6.06. The molecule has 0 aromatic heterocycles. The number of aliphatic hydroxyl groups is 10. The van der Waals surface area contributed by atoms with Crippen LogP contribution < -0.4 is 0 Å². The molecule has 0 radical (unpaired) electrons. The van der Waals surface area contributed by atoms with Crippen molar-refractivity contribution in [2.45, 2.75) is 92.1 Å². The molecule has 3 heterocycles. The van der Waals surface area contributed by atoms with Crippen molar-refractivity contribution < 1.29 is 84.7 Å². The third kappa shape index (κ3) is 5.59. The molecule has 0 saturated carbocycles. The fourth-order valence-electron chi connectivity index (χ4n) is 4.04. The maximum atomic E-state index is 11.2. The average Bonchev–Trinajstić information content (AvgIpc) is 2.82. The molecular weight excluding hydrogens is 488 g/mol. The van der Waals surface area contributed by atoms with Gasteiger partial charge in [0.05, 0.1) is 13.2 Å². The first-order valence-electron chi connectivity index (χ1n) is 10.6. The van der Waals surface area contributed by atoms with E-state index < -0.39 is 111 Å². The third-order valence-corrected chi connectivity index (χ3v) is 6.06. The SMILES string of the molecule is O=C(O)[C@H]1O[C@@H](O)[C@H](O)[C@@H](O[C@@H]2O[C@H](CO)[C@@H](O[C@@H]3O[C@H](CO)[C@@H](O)[C@H](O)[C@H]3O)[C@H](O)[C@H]2O)[C@@H]1O. The van der Waals surface area contributed by atoms with Gasteiger partial charge in [-0.1, -0.05) is 0 Å². The molecule has 3 saturated heterocycles.